The highest BCUT2D eigenvalue weighted by Crippen LogP contribution is 2.36. The van der Waals surface area contributed by atoms with Gasteiger partial charge in [0.2, 0.25) is 0 Å². The van der Waals surface area contributed by atoms with Crippen molar-refractivity contribution >= 4 is 39.6 Å². The van der Waals surface area contributed by atoms with Gasteiger partial charge in [-0.15, -0.1) is 0 Å². The van der Waals surface area contributed by atoms with Crippen LogP contribution in [-0.4, -0.2) is 21.8 Å². The third-order valence-electron chi connectivity index (χ3n) is 4.49. The Morgan fingerprint density at radius 3 is 2.62 bits per heavy atom. The average molecular weight is 338 g/mol. The third kappa shape index (κ3) is 2.22. The summed E-state index contributed by atoms with van der Waals surface area (Å²) >= 11 is 0. The van der Waals surface area contributed by atoms with Crippen LogP contribution in [0.4, 0.5) is 17.1 Å². The molecule has 0 radical (unpaired) electrons. The van der Waals surface area contributed by atoms with Crippen molar-refractivity contribution in [3.63, 3.8) is 0 Å². The number of anilines is 2. The largest absolute Gasteiger partial charge is 0.282 e. The van der Waals surface area contributed by atoms with Crippen molar-refractivity contribution in [3.05, 3.63) is 84.6 Å². The van der Waals surface area contributed by atoms with Crippen LogP contribution in [0.2, 0.25) is 0 Å². The van der Waals surface area contributed by atoms with E-state index in [1.54, 1.807) is 11.1 Å². The Morgan fingerprint density at radius 1 is 0.923 bits per heavy atom. The summed E-state index contributed by atoms with van der Waals surface area (Å²) in [5.41, 5.74) is 4.58. The van der Waals surface area contributed by atoms with E-state index in [0.29, 0.717) is 5.71 Å². The summed E-state index contributed by atoms with van der Waals surface area (Å²) in [6, 6.07) is 23.1. The molecular weight excluding hydrogens is 324 g/mol. The van der Waals surface area contributed by atoms with E-state index in [0.717, 1.165) is 33.5 Å². The van der Waals surface area contributed by atoms with Crippen LogP contribution >= 0.6 is 0 Å². The zero-order valence-electron chi connectivity index (χ0n) is 13.8. The molecule has 5 heteroatoms. The Bertz CT molecular complexity index is 1160. The molecule has 0 aliphatic carbocycles. The molecule has 3 aromatic carbocycles. The maximum absolute atomic E-state index is 13.2. The number of fused-ring (bicyclic) bond motifs is 2. The van der Waals surface area contributed by atoms with Crippen LogP contribution in [0.3, 0.4) is 0 Å². The fraction of sp³-hybridized carbons (Fsp3) is 0. The molecule has 26 heavy (non-hydrogen) atoms. The van der Waals surface area contributed by atoms with E-state index in [-0.39, 0.29) is 5.91 Å². The molecule has 0 saturated carbocycles. The Labute approximate surface area is 149 Å². The van der Waals surface area contributed by atoms with Gasteiger partial charge in [-0.05, 0) is 36.4 Å². The normalized spacial score (nSPS) is 15.0. The molecule has 0 atom stereocenters. The van der Waals surface area contributed by atoms with Gasteiger partial charge in [0.1, 0.15) is 5.71 Å². The number of aliphatic imine (C=N–C) groups is 1. The summed E-state index contributed by atoms with van der Waals surface area (Å²) in [5, 5.41) is 7.98. The van der Waals surface area contributed by atoms with E-state index < -0.39 is 0 Å². The number of carbonyl (C=O) groups is 1. The van der Waals surface area contributed by atoms with Crippen molar-refractivity contribution in [1.82, 2.24) is 10.2 Å². The first-order chi connectivity index (χ1) is 12.8. The maximum atomic E-state index is 13.2. The maximum Gasteiger partial charge on any atom is 0.282 e. The van der Waals surface area contributed by atoms with E-state index in [2.05, 4.69) is 15.2 Å². The molecule has 2 heterocycles. The SMILES string of the molecule is O=C1C(=Nc2ccc3cn[nH]c3c2)c2ccccc2N1c1ccccc1. The van der Waals surface area contributed by atoms with Crippen LogP contribution in [0.1, 0.15) is 5.56 Å². The zero-order chi connectivity index (χ0) is 17.5. The number of nitrogens with one attached hydrogen (secondary N) is 1. The van der Waals surface area contributed by atoms with E-state index >= 15 is 0 Å². The number of hydrogen-bond acceptors (Lipinski definition) is 3. The molecule has 1 aromatic heterocycles. The smallest absolute Gasteiger partial charge is 0.278 e. The van der Waals surface area contributed by atoms with Crippen LogP contribution in [-0.2, 0) is 4.79 Å². The first-order valence-corrected chi connectivity index (χ1v) is 8.32. The van der Waals surface area contributed by atoms with E-state index in [4.69, 9.17) is 0 Å². The zero-order valence-corrected chi connectivity index (χ0v) is 13.8. The first kappa shape index (κ1) is 14.6. The fourth-order valence-corrected chi connectivity index (χ4v) is 3.26. The van der Waals surface area contributed by atoms with Crippen molar-refractivity contribution in [2.75, 3.05) is 4.90 Å². The van der Waals surface area contributed by atoms with Crippen LogP contribution in [0.25, 0.3) is 10.9 Å². The second-order valence-corrected chi connectivity index (χ2v) is 6.10. The summed E-state index contributed by atoms with van der Waals surface area (Å²) in [4.78, 5) is 19.5. The van der Waals surface area contributed by atoms with Crippen LogP contribution < -0.4 is 4.90 Å². The van der Waals surface area contributed by atoms with Gasteiger partial charge in [0.15, 0.2) is 0 Å². The van der Waals surface area contributed by atoms with Crippen molar-refractivity contribution in [2.45, 2.75) is 0 Å². The van der Waals surface area contributed by atoms with Gasteiger partial charge < -0.3 is 0 Å². The second kappa shape index (κ2) is 5.67. The van der Waals surface area contributed by atoms with Crippen molar-refractivity contribution < 1.29 is 4.79 Å². The summed E-state index contributed by atoms with van der Waals surface area (Å²) in [6.45, 7) is 0. The van der Waals surface area contributed by atoms with Crippen LogP contribution in [0.5, 0.6) is 0 Å². The fourth-order valence-electron chi connectivity index (χ4n) is 3.26. The van der Waals surface area contributed by atoms with E-state index in [1.165, 1.54) is 0 Å². The number of nitrogens with zero attached hydrogens (tertiary/aromatic N) is 3. The highest BCUT2D eigenvalue weighted by atomic mass is 16.2. The van der Waals surface area contributed by atoms with Gasteiger partial charge in [-0.1, -0.05) is 36.4 Å². The lowest BCUT2D eigenvalue weighted by Crippen LogP contribution is -2.25. The number of rotatable bonds is 2. The standard InChI is InChI=1S/C21H14N4O/c26-21-20(23-15-11-10-14-13-22-24-18(14)12-15)17-8-4-5-9-19(17)25(21)16-6-2-1-3-7-16/h1-13H,(H,22,24). The molecule has 0 unspecified atom stereocenters. The van der Waals surface area contributed by atoms with Gasteiger partial charge in [0.05, 0.1) is 23.1 Å². The molecule has 124 valence electrons. The highest BCUT2D eigenvalue weighted by Gasteiger charge is 2.34. The van der Waals surface area contributed by atoms with Crippen LogP contribution in [0, 0.1) is 0 Å². The average Bonchev–Trinajstić information content (AvgIpc) is 3.25. The van der Waals surface area contributed by atoms with Crippen molar-refractivity contribution in [1.29, 1.82) is 0 Å². The number of aromatic amines is 1. The predicted octanol–water partition coefficient (Wildman–Crippen LogP) is 4.36. The molecule has 5 nitrogen and oxygen atoms in total. The Kier molecular flexibility index (Phi) is 3.18. The molecule has 0 fully saturated rings. The second-order valence-electron chi connectivity index (χ2n) is 6.10. The summed E-state index contributed by atoms with van der Waals surface area (Å²) in [6.07, 6.45) is 1.76. The Balaban J connectivity index is 1.66. The Morgan fingerprint density at radius 2 is 1.73 bits per heavy atom. The lowest BCUT2D eigenvalue weighted by atomic mass is 10.1. The third-order valence-corrected chi connectivity index (χ3v) is 4.49. The number of benzene rings is 3. The molecule has 5 rings (SSSR count). The minimum atomic E-state index is -0.123. The molecule has 1 N–H and O–H groups in total. The van der Waals surface area contributed by atoms with E-state index in [1.807, 2.05) is 72.8 Å². The van der Waals surface area contributed by atoms with Crippen molar-refractivity contribution in [2.24, 2.45) is 4.99 Å². The number of H-pyrrole nitrogens is 1. The summed E-state index contributed by atoms with van der Waals surface area (Å²) in [5.74, 6) is -0.123. The van der Waals surface area contributed by atoms with E-state index in [9.17, 15) is 4.79 Å². The van der Waals surface area contributed by atoms with Gasteiger partial charge in [-0.2, -0.15) is 5.10 Å². The molecule has 1 amide bonds. The number of carbonyl (C=O) groups excluding carboxylic acids is 1. The number of para-hydroxylation sites is 2. The topological polar surface area (TPSA) is 61.4 Å². The minimum Gasteiger partial charge on any atom is -0.278 e. The summed E-state index contributed by atoms with van der Waals surface area (Å²) < 4.78 is 0. The Hall–Kier alpha value is -3.73. The molecular formula is C21H14N4O. The molecule has 4 aromatic rings. The molecule has 0 saturated heterocycles. The lowest BCUT2D eigenvalue weighted by Gasteiger charge is -2.16. The highest BCUT2D eigenvalue weighted by molar-refractivity contribution is 6.56. The van der Waals surface area contributed by atoms with Gasteiger partial charge >= 0.3 is 0 Å². The van der Waals surface area contributed by atoms with Gasteiger partial charge in [0, 0.05) is 16.6 Å². The molecule has 1 aliphatic heterocycles. The minimum absolute atomic E-state index is 0.123. The number of hydrogen-bond donors (Lipinski definition) is 1. The van der Waals surface area contributed by atoms with Crippen LogP contribution in [0.15, 0.2) is 84.0 Å². The van der Waals surface area contributed by atoms with Gasteiger partial charge in [-0.25, -0.2) is 4.99 Å². The van der Waals surface area contributed by atoms with Gasteiger partial charge in [-0.3, -0.25) is 14.8 Å². The first-order valence-electron chi connectivity index (χ1n) is 8.32. The van der Waals surface area contributed by atoms with Gasteiger partial charge in [0.25, 0.3) is 5.91 Å². The monoisotopic (exact) mass is 338 g/mol. The number of amides is 1. The number of aromatic nitrogens is 2. The summed E-state index contributed by atoms with van der Waals surface area (Å²) in [7, 11) is 0. The lowest BCUT2D eigenvalue weighted by molar-refractivity contribution is -0.111. The molecule has 1 aliphatic rings. The quantitative estimate of drug-likeness (QED) is 0.590. The predicted molar refractivity (Wildman–Crippen MR) is 102 cm³/mol. The molecule has 0 bridgehead atoms. The molecule has 0 spiro atoms. The van der Waals surface area contributed by atoms with Crippen molar-refractivity contribution in [3.8, 4) is 0 Å².